The van der Waals surface area contributed by atoms with Crippen LogP contribution in [0.3, 0.4) is 0 Å². The van der Waals surface area contributed by atoms with E-state index < -0.39 is 0 Å². The van der Waals surface area contributed by atoms with Gasteiger partial charge >= 0.3 is 0 Å². The molecule has 3 aromatic rings. The van der Waals surface area contributed by atoms with Crippen molar-refractivity contribution in [1.82, 2.24) is 19.7 Å². The first-order chi connectivity index (χ1) is 13.0. The van der Waals surface area contributed by atoms with Crippen LogP contribution in [0.4, 0.5) is 0 Å². The van der Waals surface area contributed by atoms with Crippen LogP contribution in [0.15, 0.2) is 34.9 Å². The van der Waals surface area contributed by atoms with Gasteiger partial charge in [0.05, 0.1) is 11.8 Å². The third-order valence-corrected chi connectivity index (χ3v) is 4.92. The number of ether oxygens (including phenoxy) is 1. The molecule has 0 N–H and O–H groups in total. The Morgan fingerprint density at radius 3 is 2.89 bits per heavy atom. The van der Waals surface area contributed by atoms with Crippen molar-refractivity contribution in [2.75, 3.05) is 6.54 Å². The minimum Gasteiger partial charge on any atom is -0.471 e. The van der Waals surface area contributed by atoms with Crippen molar-refractivity contribution in [3.05, 3.63) is 64.5 Å². The number of hydrogen-bond acceptors (Lipinski definition) is 5. The van der Waals surface area contributed by atoms with Crippen LogP contribution in [0, 0.1) is 13.8 Å². The number of furan rings is 1. The standard InChI is InChI=1S/C20H22N4O3/c1-13-5-4-6-19(21-13)27-12-17-16-11-24(9-7-18(16)23(3)22-17)20(25)15-8-10-26-14(15)2/h4-6,8,10H,7,9,11-12H2,1-3H3. The molecular formula is C20H22N4O3. The van der Waals surface area contributed by atoms with E-state index in [4.69, 9.17) is 9.15 Å². The molecule has 1 aliphatic rings. The number of aromatic nitrogens is 3. The molecule has 0 unspecified atom stereocenters. The summed E-state index contributed by atoms with van der Waals surface area (Å²) in [4.78, 5) is 19.0. The molecule has 0 radical (unpaired) electrons. The normalized spacial score (nSPS) is 13.5. The molecule has 0 saturated heterocycles. The lowest BCUT2D eigenvalue weighted by Crippen LogP contribution is -2.36. The van der Waals surface area contributed by atoms with Crippen LogP contribution in [0.1, 0.15) is 38.8 Å². The lowest BCUT2D eigenvalue weighted by atomic mass is 10.0. The van der Waals surface area contributed by atoms with Gasteiger partial charge in [0, 0.05) is 49.6 Å². The quantitative estimate of drug-likeness (QED) is 0.710. The van der Waals surface area contributed by atoms with Gasteiger partial charge in [0.1, 0.15) is 18.1 Å². The smallest absolute Gasteiger partial charge is 0.257 e. The number of hydrogen-bond donors (Lipinski definition) is 0. The Labute approximate surface area is 157 Å². The second kappa shape index (κ2) is 6.90. The molecule has 0 spiro atoms. The Kier molecular flexibility index (Phi) is 4.43. The number of nitrogens with zero attached hydrogens (tertiary/aromatic N) is 4. The van der Waals surface area contributed by atoms with Gasteiger partial charge in [0.15, 0.2) is 0 Å². The molecule has 0 aromatic carbocycles. The third-order valence-electron chi connectivity index (χ3n) is 4.92. The highest BCUT2D eigenvalue weighted by atomic mass is 16.5. The number of rotatable bonds is 4. The van der Waals surface area contributed by atoms with Crippen LogP contribution in [0.5, 0.6) is 5.88 Å². The number of fused-ring (bicyclic) bond motifs is 1. The highest BCUT2D eigenvalue weighted by Crippen LogP contribution is 2.25. The van der Waals surface area contributed by atoms with Gasteiger partial charge < -0.3 is 14.1 Å². The first-order valence-corrected chi connectivity index (χ1v) is 8.96. The van der Waals surface area contributed by atoms with Crippen molar-refractivity contribution in [2.45, 2.75) is 33.4 Å². The Morgan fingerprint density at radius 2 is 2.15 bits per heavy atom. The molecule has 27 heavy (non-hydrogen) atoms. The minimum absolute atomic E-state index is 0.0111. The molecule has 0 aliphatic carbocycles. The maximum Gasteiger partial charge on any atom is 0.257 e. The van der Waals surface area contributed by atoms with Gasteiger partial charge in [-0.25, -0.2) is 4.98 Å². The summed E-state index contributed by atoms with van der Waals surface area (Å²) in [6.07, 6.45) is 2.32. The zero-order chi connectivity index (χ0) is 19.0. The summed E-state index contributed by atoms with van der Waals surface area (Å²) >= 11 is 0. The highest BCUT2D eigenvalue weighted by molar-refractivity contribution is 5.95. The molecule has 4 heterocycles. The topological polar surface area (TPSA) is 73.4 Å². The first kappa shape index (κ1) is 17.3. The molecule has 140 valence electrons. The molecule has 0 saturated carbocycles. The highest BCUT2D eigenvalue weighted by Gasteiger charge is 2.28. The summed E-state index contributed by atoms with van der Waals surface area (Å²) in [5, 5.41) is 4.61. The van der Waals surface area contributed by atoms with Crippen molar-refractivity contribution >= 4 is 5.91 Å². The fourth-order valence-electron chi connectivity index (χ4n) is 3.48. The van der Waals surface area contributed by atoms with Gasteiger partial charge in [-0.15, -0.1) is 0 Å². The minimum atomic E-state index is -0.0111. The van der Waals surface area contributed by atoms with Crippen molar-refractivity contribution < 1.29 is 13.9 Å². The van der Waals surface area contributed by atoms with E-state index in [1.165, 1.54) is 0 Å². The number of pyridine rings is 1. The van der Waals surface area contributed by atoms with Gasteiger partial charge in [0.25, 0.3) is 5.91 Å². The summed E-state index contributed by atoms with van der Waals surface area (Å²) in [5.41, 5.74) is 4.58. The summed E-state index contributed by atoms with van der Waals surface area (Å²) < 4.78 is 13.0. The van der Waals surface area contributed by atoms with Crippen LogP contribution in [0.2, 0.25) is 0 Å². The maximum atomic E-state index is 12.8. The van der Waals surface area contributed by atoms with Crippen molar-refractivity contribution in [1.29, 1.82) is 0 Å². The van der Waals surface area contributed by atoms with E-state index in [0.29, 0.717) is 36.9 Å². The number of aryl methyl sites for hydroxylation is 3. The van der Waals surface area contributed by atoms with E-state index in [1.807, 2.05) is 41.8 Å². The molecule has 0 atom stereocenters. The molecule has 1 aliphatic heterocycles. The fourth-order valence-corrected chi connectivity index (χ4v) is 3.48. The van der Waals surface area contributed by atoms with Crippen LogP contribution in [-0.2, 0) is 26.6 Å². The van der Waals surface area contributed by atoms with Gasteiger partial charge in [-0.1, -0.05) is 6.07 Å². The van der Waals surface area contributed by atoms with Crippen LogP contribution in [0.25, 0.3) is 0 Å². The van der Waals surface area contributed by atoms with E-state index >= 15 is 0 Å². The average Bonchev–Trinajstić information content (AvgIpc) is 3.22. The van der Waals surface area contributed by atoms with Crippen LogP contribution >= 0.6 is 0 Å². The van der Waals surface area contributed by atoms with Gasteiger partial charge in [0.2, 0.25) is 5.88 Å². The summed E-state index contributed by atoms with van der Waals surface area (Å²) in [6, 6.07) is 7.40. The predicted molar refractivity (Wildman–Crippen MR) is 98.4 cm³/mol. The summed E-state index contributed by atoms with van der Waals surface area (Å²) in [7, 11) is 1.94. The molecule has 7 heteroatoms. The molecule has 7 nitrogen and oxygen atoms in total. The Balaban J connectivity index is 1.54. The van der Waals surface area contributed by atoms with Gasteiger partial charge in [-0.3, -0.25) is 9.48 Å². The Bertz CT molecular complexity index is 989. The molecule has 3 aromatic heterocycles. The first-order valence-electron chi connectivity index (χ1n) is 8.96. The van der Waals surface area contributed by atoms with Crippen LogP contribution < -0.4 is 4.74 Å². The van der Waals surface area contributed by atoms with E-state index in [9.17, 15) is 4.79 Å². The second-order valence-electron chi connectivity index (χ2n) is 6.77. The number of carbonyl (C=O) groups excluding carboxylic acids is 1. The second-order valence-corrected chi connectivity index (χ2v) is 6.77. The molecule has 0 fully saturated rings. The zero-order valence-electron chi connectivity index (χ0n) is 15.7. The van der Waals surface area contributed by atoms with Crippen molar-refractivity contribution in [3.8, 4) is 5.88 Å². The zero-order valence-corrected chi connectivity index (χ0v) is 15.7. The van der Waals surface area contributed by atoms with E-state index in [0.717, 1.165) is 29.1 Å². The molecule has 4 rings (SSSR count). The number of amides is 1. The maximum absolute atomic E-state index is 12.8. The molecule has 0 bridgehead atoms. The fraction of sp³-hybridized carbons (Fsp3) is 0.350. The van der Waals surface area contributed by atoms with E-state index in [2.05, 4.69) is 10.1 Å². The third kappa shape index (κ3) is 3.32. The molecule has 1 amide bonds. The van der Waals surface area contributed by atoms with Crippen LogP contribution in [-0.4, -0.2) is 32.1 Å². The lowest BCUT2D eigenvalue weighted by molar-refractivity contribution is 0.0730. The summed E-state index contributed by atoms with van der Waals surface area (Å²) in [6.45, 7) is 5.24. The SMILES string of the molecule is Cc1cccc(OCc2nn(C)c3c2CN(C(=O)c2ccoc2C)CC3)n1. The predicted octanol–water partition coefficient (Wildman–Crippen LogP) is 2.80. The number of carbonyl (C=O) groups is 1. The summed E-state index contributed by atoms with van der Waals surface area (Å²) in [5.74, 6) is 1.21. The van der Waals surface area contributed by atoms with E-state index in [1.54, 1.807) is 19.3 Å². The largest absolute Gasteiger partial charge is 0.471 e. The lowest BCUT2D eigenvalue weighted by Gasteiger charge is -2.27. The van der Waals surface area contributed by atoms with Gasteiger partial charge in [-0.05, 0) is 26.0 Å². The van der Waals surface area contributed by atoms with E-state index in [-0.39, 0.29) is 5.91 Å². The van der Waals surface area contributed by atoms with Gasteiger partial charge in [-0.2, -0.15) is 5.10 Å². The van der Waals surface area contributed by atoms with Crippen molar-refractivity contribution in [2.24, 2.45) is 7.05 Å². The average molecular weight is 366 g/mol. The monoisotopic (exact) mass is 366 g/mol. The van der Waals surface area contributed by atoms with Crippen molar-refractivity contribution in [3.63, 3.8) is 0 Å². The molecular weight excluding hydrogens is 344 g/mol. The Morgan fingerprint density at radius 1 is 1.30 bits per heavy atom. The Hall–Kier alpha value is -3.09.